The Balaban J connectivity index is 1.51. The molecule has 0 atom stereocenters. The summed E-state index contributed by atoms with van der Waals surface area (Å²) in [6.07, 6.45) is 1.44. The fraction of sp³-hybridized carbons (Fsp3) is 0.238. The highest BCUT2D eigenvalue weighted by atomic mass is 16.5. The van der Waals surface area contributed by atoms with E-state index in [9.17, 15) is 14.4 Å². The molecular weight excluding hydrogens is 372 g/mol. The lowest BCUT2D eigenvalue weighted by Crippen LogP contribution is -2.34. The maximum Gasteiger partial charge on any atom is 0.261 e. The predicted octanol–water partition coefficient (Wildman–Crippen LogP) is 1.94. The summed E-state index contributed by atoms with van der Waals surface area (Å²) in [5, 5.41) is 5.87. The third-order valence-corrected chi connectivity index (χ3v) is 4.18. The number of fused-ring (bicyclic) bond motifs is 1. The lowest BCUT2D eigenvalue weighted by molar-refractivity contribution is -0.121. The van der Waals surface area contributed by atoms with E-state index < -0.39 is 0 Å². The highest BCUT2D eigenvalue weighted by Crippen LogP contribution is 2.23. The summed E-state index contributed by atoms with van der Waals surface area (Å²) in [5.41, 5.74) is 0.883. The van der Waals surface area contributed by atoms with Gasteiger partial charge in [0.1, 0.15) is 12.3 Å². The molecule has 1 heterocycles. The Morgan fingerprint density at radius 3 is 2.66 bits per heavy atom. The van der Waals surface area contributed by atoms with Crippen LogP contribution in [-0.4, -0.2) is 34.5 Å². The number of nitrogens with zero attached hydrogens (tertiary/aromatic N) is 2. The molecule has 0 unspecified atom stereocenters. The van der Waals surface area contributed by atoms with E-state index in [1.165, 1.54) is 10.9 Å². The fourth-order valence-corrected chi connectivity index (χ4v) is 2.81. The third kappa shape index (κ3) is 5.19. The summed E-state index contributed by atoms with van der Waals surface area (Å²) in [5.74, 6) is -0.0238. The zero-order valence-electron chi connectivity index (χ0n) is 16.1. The first-order valence-electron chi connectivity index (χ1n) is 9.31. The van der Waals surface area contributed by atoms with Crippen molar-refractivity contribution in [2.45, 2.75) is 19.9 Å². The minimum atomic E-state index is -0.369. The molecule has 29 heavy (non-hydrogen) atoms. The fourth-order valence-electron chi connectivity index (χ4n) is 2.81. The van der Waals surface area contributed by atoms with Gasteiger partial charge in [0, 0.05) is 13.0 Å². The molecule has 0 bridgehead atoms. The standard InChI is InChI=1S/C21H22N4O4/c1-2-29-18-10-6-5-9-17(18)24-19(26)11-12-22-20(27)13-25-14-23-16-8-4-3-7-15(16)21(25)28/h3-10,14H,2,11-13H2,1H3,(H,22,27)(H,24,26). The number of ether oxygens (including phenoxy) is 1. The van der Waals surface area contributed by atoms with Gasteiger partial charge in [-0.25, -0.2) is 4.98 Å². The Labute approximate surface area is 167 Å². The minimum absolute atomic E-state index is 0.0943. The molecule has 0 saturated heterocycles. The van der Waals surface area contributed by atoms with Crippen molar-refractivity contribution >= 4 is 28.4 Å². The van der Waals surface area contributed by atoms with Crippen molar-refractivity contribution in [1.82, 2.24) is 14.9 Å². The molecule has 3 aromatic rings. The van der Waals surface area contributed by atoms with Crippen molar-refractivity contribution in [2.24, 2.45) is 0 Å². The zero-order chi connectivity index (χ0) is 20.6. The highest BCUT2D eigenvalue weighted by Gasteiger charge is 2.10. The average Bonchev–Trinajstić information content (AvgIpc) is 2.72. The number of amides is 2. The summed E-state index contributed by atoms with van der Waals surface area (Å²) < 4.78 is 6.71. The molecule has 2 aromatic carbocycles. The summed E-state index contributed by atoms with van der Waals surface area (Å²) >= 11 is 0. The van der Waals surface area contributed by atoms with Gasteiger partial charge in [-0.2, -0.15) is 0 Å². The van der Waals surface area contributed by atoms with Gasteiger partial charge in [-0.05, 0) is 31.2 Å². The molecule has 0 spiro atoms. The van der Waals surface area contributed by atoms with Crippen molar-refractivity contribution in [3.05, 3.63) is 65.2 Å². The van der Waals surface area contributed by atoms with E-state index in [1.54, 1.807) is 42.5 Å². The van der Waals surface area contributed by atoms with E-state index in [0.29, 0.717) is 28.9 Å². The number of nitrogens with one attached hydrogen (secondary N) is 2. The van der Waals surface area contributed by atoms with Gasteiger partial charge in [0.25, 0.3) is 5.56 Å². The molecule has 8 nitrogen and oxygen atoms in total. The van der Waals surface area contributed by atoms with Gasteiger partial charge in [-0.3, -0.25) is 19.0 Å². The molecule has 0 fully saturated rings. The first kappa shape index (κ1) is 20.1. The summed E-state index contributed by atoms with van der Waals surface area (Å²) in [4.78, 5) is 40.8. The van der Waals surface area contributed by atoms with E-state index in [4.69, 9.17) is 4.74 Å². The maximum absolute atomic E-state index is 12.4. The molecular formula is C21H22N4O4. The number of anilines is 1. The number of benzene rings is 2. The second kappa shape index (κ2) is 9.50. The number of carbonyl (C=O) groups excluding carboxylic acids is 2. The molecule has 0 aliphatic heterocycles. The van der Waals surface area contributed by atoms with Crippen LogP contribution in [0, 0.1) is 0 Å². The molecule has 0 aliphatic carbocycles. The number of hydrogen-bond donors (Lipinski definition) is 2. The van der Waals surface area contributed by atoms with Crippen LogP contribution in [0.3, 0.4) is 0 Å². The van der Waals surface area contributed by atoms with Crippen molar-refractivity contribution < 1.29 is 14.3 Å². The number of aromatic nitrogens is 2. The normalized spacial score (nSPS) is 10.5. The van der Waals surface area contributed by atoms with Gasteiger partial charge in [-0.1, -0.05) is 24.3 Å². The van der Waals surface area contributed by atoms with Crippen LogP contribution in [-0.2, 0) is 16.1 Å². The van der Waals surface area contributed by atoms with Gasteiger partial charge in [-0.15, -0.1) is 0 Å². The first-order chi connectivity index (χ1) is 14.1. The van der Waals surface area contributed by atoms with Crippen LogP contribution in [0.2, 0.25) is 0 Å². The Bertz CT molecular complexity index is 1080. The van der Waals surface area contributed by atoms with Gasteiger partial charge < -0.3 is 15.4 Å². The van der Waals surface area contributed by atoms with Crippen LogP contribution >= 0.6 is 0 Å². The Hall–Kier alpha value is -3.68. The van der Waals surface area contributed by atoms with Gasteiger partial charge in [0.15, 0.2) is 0 Å². The van der Waals surface area contributed by atoms with Crippen molar-refractivity contribution in [3.63, 3.8) is 0 Å². The van der Waals surface area contributed by atoms with Crippen LogP contribution < -0.4 is 20.9 Å². The van der Waals surface area contributed by atoms with E-state index >= 15 is 0 Å². The number of hydrogen-bond acceptors (Lipinski definition) is 5. The smallest absolute Gasteiger partial charge is 0.261 e. The molecule has 0 saturated carbocycles. The largest absolute Gasteiger partial charge is 0.492 e. The maximum atomic E-state index is 12.4. The average molecular weight is 394 g/mol. The van der Waals surface area contributed by atoms with Crippen molar-refractivity contribution in [3.8, 4) is 5.75 Å². The molecule has 3 rings (SSSR count). The predicted molar refractivity (Wildman–Crippen MR) is 110 cm³/mol. The van der Waals surface area contributed by atoms with E-state index in [-0.39, 0.29) is 36.9 Å². The van der Waals surface area contributed by atoms with E-state index in [2.05, 4.69) is 15.6 Å². The summed E-state index contributed by atoms with van der Waals surface area (Å²) in [6, 6.07) is 14.1. The van der Waals surface area contributed by atoms with Crippen LogP contribution in [0.25, 0.3) is 10.9 Å². The van der Waals surface area contributed by atoms with E-state index in [0.717, 1.165) is 0 Å². The first-order valence-corrected chi connectivity index (χ1v) is 9.31. The van der Waals surface area contributed by atoms with Gasteiger partial charge in [0.2, 0.25) is 11.8 Å². The van der Waals surface area contributed by atoms with Crippen LogP contribution in [0.5, 0.6) is 5.75 Å². The lowest BCUT2D eigenvalue weighted by atomic mass is 10.2. The quantitative estimate of drug-likeness (QED) is 0.608. The topological polar surface area (TPSA) is 102 Å². The second-order valence-electron chi connectivity index (χ2n) is 6.27. The van der Waals surface area contributed by atoms with Crippen molar-refractivity contribution in [1.29, 1.82) is 0 Å². The zero-order valence-corrected chi connectivity index (χ0v) is 16.1. The molecule has 8 heteroatoms. The Morgan fingerprint density at radius 1 is 1.07 bits per heavy atom. The molecule has 2 amide bonds. The monoisotopic (exact) mass is 394 g/mol. The van der Waals surface area contributed by atoms with Crippen LogP contribution in [0.1, 0.15) is 13.3 Å². The summed E-state index contributed by atoms with van der Waals surface area (Å²) in [7, 11) is 0. The molecule has 1 aromatic heterocycles. The number of rotatable bonds is 8. The third-order valence-electron chi connectivity index (χ3n) is 4.18. The lowest BCUT2D eigenvalue weighted by Gasteiger charge is -2.11. The number of carbonyl (C=O) groups is 2. The van der Waals surface area contributed by atoms with E-state index in [1.807, 2.05) is 13.0 Å². The Kier molecular flexibility index (Phi) is 6.57. The molecule has 0 radical (unpaired) electrons. The summed E-state index contributed by atoms with van der Waals surface area (Å²) in [6.45, 7) is 2.35. The molecule has 150 valence electrons. The Morgan fingerprint density at radius 2 is 1.83 bits per heavy atom. The second-order valence-corrected chi connectivity index (χ2v) is 6.27. The SMILES string of the molecule is CCOc1ccccc1NC(=O)CCNC(=O)Cn1cnc2ccccc2c1=O. The van der Waals surface area contributed by atoms with Gasteiger partial charge >= 0.3 is 0 Å². The van der Waals surface area contributed by atoms with Crippen LogP contribution in [0.15, 0.2) is 59.7 Å². The minimum Gasteiger partial charge on any atom is -0.492 e. The highest BCUT2D eigenvalue weighted by molar-refractivity contribution is 5.92. The van der Waals surface area contributed by atoms with Gasteiger partial charge in [0.05, 0.1) is 29.5 Å². The number of para-hydroxylation sites is 3. The molecule has 2 N–H and O–H groups in total. The van der Waals surface area contributed by atoms with Crippen molar-refractivity contribution in [2.75, 3.05) is 18.5 Å². The molecule has 0 aliphatic rings. The van der Waals surface area contributed by atoms with Crippen LogP contribution in [0.4, 0.5) is 5.69 Å².